The van der Waals surface area contributed by atoms with Crippen molar-refractivity contribution in [2.75, 3.05) is 0 Å². The van der Waals surface area contributed by atoms with Gasteiger partial charge in [-0.15, -0.1) is 0 Å². The van der Waals surface area contributed by atoms with Crippen LogP contribution >= 0.6 is 31.9 Å². The molecule has 0 unspecified atom stereocenters. The van der Waals surface area contributed by atoms with E-state index in [0.717, 1.165) is 14.5 Å². The fourth-order valence-corrected chi connectivity index (χ4v) is 2.27. The molecule has 3 heteroatoms. The van der Waals surface area contributed by atoms with E-state index in [1.54, 1.807) is 12.1 Å². The average Bonchev–Trinajstić information content (AvgIpc) is 2.01. The highest BCUT2D eigenvalue weighted by molar-refractivity contribution is 9.11. The van der Waals surface area contributed by atoms with Crippen LogP contribution in [-0.4, -0.2) is 5.78 Å². The molecule has 1 nitrogen and oxygen atoms in total. The third-order valence-corrected chi connectivity index (χ3v) is 2.77. The number of halogens is 2. The van der Waals surface area contributed by atoms with E-state index in [1.807, 2.05) is 26.0 Å². The Morgan fingerprint density at radius 2 is 1.93 bits per heavy atom. The summed E-state index contributed by atoms with van der Waals surface area (Å²) in [6, 6.07) is 5.53. The molecule has 74 valence electrons. The Morgan fingerprint density at radius 1 is 1.29 bits per heavy atom. The van der Waals surface area contributed by atoms with Gasteiger partial charge in [0.05, 0.1) is 0 Å². The lowest BCUT2D eigenvalue weighted by molar-refractivity contribution is 0.104. The molecule has 0 bridgehead atoms. The minimum atomic E-state index is 0.0318. The van der Waals surface area contributed by atoms with Crippen molar-refractivity contribution in [3.05, 3.63) is 44.4 Å². The van der Waals surface area contributed by atoms with Crippen LogP contribution in [0.1, 0.15) is 24.2 Å². The number of carbonyl (C=O) groups excluding carboxylic acids is 1. The zero-order chi connectivity index (χ0) is 10.7. The van der Waals surface area contributed by atoms with E-state index in [0.29, 0.717) is 5.56 Å². The number of hydrogen-bond acceptors (Lipinski definition) is 1. The summed E-state index contributed by atoms with van der Waals surface area (Å²) < 4.78 is 1.77. The van der Waals surface area contributed by atoms with E-state index < -0.39 is 0 Å². The van der Waals surface area contributed by atoms with Crippen molar-refractivity contribution in [2.45, 2.75) is 13.8 Å². The van der Waals surface area contributed by atoms with Crippen molar-refractivity contribution in [3.63, 3.8) is 0 Å². The quantitative estimate of drug-likeness (QED) is 0.585. The fraction of sp³-hybridized carbons (Fsp3) is 0.182. The second-order valence-corrected chi connectivity index (χ2v) is 4.98. The SMILES string of the molecule is CC(C)=CC(=O)c1ccc(Br)cc1Br. The minimum Gasteiger partial charge on any atom is -0.289 e. The van der Waals surface area contributed by atoms with E-state index in [4.69, 9.17) is 0 Å². The van der Waals surface area contributed by atoms with Gasteiger partial charge >= 0.3 is 0 Å². The van der Waals surface area contributed by atoms with Crippen LogP contribution in [0.25, 0.3) is 0 Å². The van der Waals surface area contributed by atoms with Crippen molar-refractivity contribution < 1.29 is 4.79 Å². The van der Waals surface area contributed by atoms with Crippen LogP contribution in [0.2, 0.25) is 0 Å². The van der Waals surface area contributed by atoms with Crippen molar-refractivity contribution in [2.24, 2.45) is 0 Å². The molecule has 14 heavy (non-hydrogen) atoms. The van der Waals surface area contributed by atoms with E-state index >= 15 is 0 Å². The Balaban J connectivity index is 3.08. The minimum absolute atomic E-state index is 0.0318. The Kier molecular flexibility index (Phi) is 4.08. The third-order valence-electron chi connectivity index (χ3n) is 1.62. The van der Waals surface area contributed by atoms with Crippen molar-refractivity contribution in [3.8, 4) is 0 Å². The Hall–Kier alpha value is -0.410. The van der Waals surface area contributed by atoms with Gasteiger partial charge in [0.25, 0.3) is 0 Å². The lowest BCUT2D eigenvalue weighted by Crippen LogP contribution is -1.96. The van der Waals surface area contributed by atoms with Gasteiger partial charge in [-0.2, -0.15) is 0 Å². The molecule has 0 aromatic heterocycles. The highest BCUT2D eigenvalue weighted by Crippen LogP contribution is 2.22. The van der Waals surface area contributed by atoms with Crippen LogP contribution in [0.5, 0.6) is 0 Å². The summed E-state index contributed by atoms with van der Waals surface area (Å²) in [6.07, 6.45) is 1.63. The third kappa shape index (κ3) is 3.07. The summed E-state index contributed by atoms with van der Waals surface area (Å²) in [4.78, 5) is 11.7. The smallest absolute Gasteiger partial charge is 0.186 e. The number of hydrogen-bond donors (Lipinski definition) is 0. The molecule has 0 amide bonds. The molecule has 0 aliphatic carbocycles. The number of ketones is 1. The fourth-order valence-electron chi connectivity index (χ4n) is 1.03. The van der Waals surface area contributed by atoms with Crippen LogP contribution < -0.4 is 0 Å². The molecule has 0 saturated carbocycles. The summed E-state index contributed by atoms with van der Waals surface area (Å²) >= 11 is 6.70. The first-order chi connectivity index (χ1) is 6.50. The van der Waals surface area contributed by atoms with Gasteiger partial charge in [-0.05, 0) is 54.1 Å². The van der Waals surface area contributed by atoms with Gasteiger partial charge < -0.3 is 0 Å². The van der Waals surface area contributed by atoms with Crippen LogP contribution in [0.4, 0.5) is 0 Å². The zero-order valence-electron chi connectivity index (χ0n) is 7.97. The summed E-state index contributed by atoms with van der Waals surface area (Å²) in [5.41, 5.74) is 1.69. The lowest BCUT2D eigenvalue weighted by atomic mass is 10.1. The molecule has 0 aliphatic rings. The topological polar surface area (TPSA) is 17.1 Å². The highest BCUT2D eigenvalue weighted by Gasteiger charge is 2.07. The Morgan fingerprint density at radius 3 is 2.43 bits per heavy atom. The lowest BCUT2D eigenvalue weighted by Gasteiger charge is -2.01. The molecule has 0 atom stereocenters. The van der Waals surface area contributed by atoms with Crippen molar-refractivity contribution in [1.82, 2.24) is 0 Å². The molecule has 0 N–H and O–H groups in total. The molecule has 0 aliphatic heterocycles. The second-order valence-electron chi connectivity index (χ2n) is 3.21. The van der Waals surface area contributed by atoms with Gasteiger partial charge in [0.2, 0.25) is 0 Å². The van der Waals surface area contributed by atoms with E-state index in [9.17, 15) is 4.79 Å². The van der Waals surface area contributed by atoms with Gasteiger partial charge in [0, 0.05) is 14.5 Å². The summed E-state index contributed by atoms with van der Waals surface area (Å²) in [6.45, 7) is 3.81. The zero-order valence-corrected chi connectivity index (χ0v) is 11.1. The number of allylic oxidation sites excluding steroid dienone is 2. The molecule has 0 spiro atoms. The van der Waals surface area contributed by atoms with Crippen LogP contribution in [0.15, 0.2) is 38.8 Å². The van der Waals surface area contributed by atoms with E-state index in [1.165, 1.54) is 0 Å². The van der Waals surface area contributed by atoms with Crippen molar-refractivity contribution in [1.29, 1.82) is 0 Å². The predicted molar refractivity (Wildman–Crippen MR) is 65.6 cm³/mol. The summed E-state index contributed by atoms with van der Waals surface area (Å²) in [5, 5.41) is 0. The van der Waals surface area contributed by atoms with Crippen molar-refractivity contribution >= 4 is 37.6 Å². The first-order valence-electron chi connectivity index (χ1n) is 4.15. The monoisotopic (exact) mass is 316 g/mol. The van der Waals surface area contributed by atoms with Crippen LogP contribution in [-0.2, 0) is 0 Å². The predicted octanol–water partition coefficient (Wildman–Crippen LogP) is 4.36. The summed E-state index contributed by atoms with van der Waals surface area (Å²) in [7, 11) is 0. The first-order valence-corrected chi connectivity index (χ1v) is 5.73. The molecule has 0 fully saturated rings. The van der Waals surface area contributed by atoms with Gasteiger partial charge in [-0.3, -0.25) is 4.79 Å². The molecule has 0 heterocycles. The molecule has 1 rings (SSSR count). The Labute approximate surface area is 100 Å². The van der Waals surface area contributed by atoms with Crippen LogP contribution in [0.3, 0.4) is 0 Å². The molecule has 0 radical (unpaired) electrons. The van der Waals surface area contributed by atoms with Gasteiger partial charge in [-0.1, -0.05) is 21.5 Å². The van der Waals surface area contributed by atoms with Gasteiger partial charge in [0.15, 0.2) is 5.78 Å². The Bertz CT molecular complexity index is 390. The standard InChI is InChI=1S/C11H10Br2O/c1-7(2)5-11(14)9-4-3-8(12)6-10(9)13/h3-6H,1-2H3. The maximum absolute atomic E-state index is 11.7. The van der Waals surface area contributed by atoms with Crippen LogP contribution in [0, 0.1) is 0 Å². The van der Waals surface area contributed by atoms with E-state index in [2.05, 4.69) is 31.9 Å². The largest absolute Gasteiger partial charge is 0.289 e. The summed E-state index contributed by atoms with van der Waals surface area (Å²) in [5.74, 6) is 0.0318. The first kappa shape index (κ1) is 11.7. The van der Waals surface area contributed by atoms with Gasteiger partial charge in [-0.25, -0.2) is 0 Å². The molecular weight excluding hydrogens is 308 g/mol. The highest BCUT2D eigenvalue weighted by atomic mass is 79.9. The number of benzene rings is 1. The normalized spacial score (nSPS) is 9.71. The molecule has 1 aromatic carbocycles. The maximum atomic E-state index is 11.7. The van der Waals surface area contributed by atoms with E-state index in [-0.39, 0.29) is 5.78 Å². The maximum Gasteiger partial charge on any atom is 0.186 e. The number of rotatable bonds is 2. The molecule has 0 saturated heterocycles. The average molecular weight is 318 g/mol. The second kappa shape index (κ2) is 4.89. The number of carbonyl (C=O) groups is 1. The van der Waals surface area contributed by atoms with Gasteiger partial charge in [0.1, 0.15) is 0 Å². The molecule has 1 aromatic rings. The molecular formula is C11H10Br2O.